The Morgan fingerprint density at radius 2 is 1.28 bits per heavy atom. The summed E-state index contributed by atoms with van der Waals surface area (Å²) in [4.78, 5) is 26.3. The van der Waals surface area contributed by atoms with E-state index in [0.717, 1.165) is 18.5 Å². The van der Waals surface area contributed by atoms with Crippen LogP contribution < -0.4 is 32.3 Å². The zero-order valence-electron chi connectivity index (χ0n) is 27.8. The van der Waals surface area contributed by atoms with Gasteiger partial charge in [-0.1, -0.05) is 82.8 Å². The van der Waals surface area contributed by atoms with Crippen LogP contribution in [-0.4, -0.2) is 54.2 Å². The number of carbonyl (C=O) groups is 2. The molecule has 9 rings (SSSR count). The number of fused-ring (bicyclic) bond motifs is 5. The monoisotopic (exact) mass is 800 g/mol. The summed E-state index contributed by atoms with van der Waals surface area (Å²) >= 11 is 24.2. The lowest BCUT2D eigenvalue weighted by atomic mass is 9.74. The van der Waals surface area contributed by atoms with Crippen molar-refractivity contribution in [1.82, 2.24) is 16.0 Å². The molecule has 0 bridgehead atoms. The zero-order valence-corrected chi connectivity index (χ0v) is 30.9. The van der Waals surface area contributed by atoms with Crippen LogP contribution in [0.5, 0.6) is 0 Å². The van der Waals surface area contributed by atoms with Crippen molar-refractivity contribution in [1.29, 1.82) is 0 Å². The van der Waals surface area contributed by atoms with Gasteiger partial charge < -0.3 is 26.8 Å². The molecule has 4 aromatic rings. The van der Waals surface area contributed by atoms with Crippen molar-refractivity contribution in [3.63, 3.8) is 0 Å². The van der Waals surface area contributed by atoms with Gasteiger partial charge in [0.15, 0.2) is 0 Å². The van der Waals surface area contributed by atoms with Gasteiger partial charge in [-0.25, -0.2) is 8.78 Å². The van der Waals surface area contributed by atoms with Crippen molar-refractivity contribution >= 4 is 69.6 Å². The van der Waals surface area contributed by atoms with Crippen LogP contribution in [0, 0.1) is 11.6 Å². The third-order valence-corrected chi connectivity index (χ3v) is 12.4. The summed E-state index contributed by atoms with van der Waals surface area (Å²) in [5.74, 6) is -2.72. The maximum atomic E-state index is 15.0. The highest BCUT2D eigenvalue weighted by atomic mass is 35.5. The first kappa shape index (κ1) is 36.6. The van der Waals surface area contributed by atoms with Crippen molar-refractivity contribution in [2.45, 2.75) is 59.9 Å². The number of rotatable bonds is 4. The van der Waals surface area contributed by atoms with E-state index in [2.05, 4.69) is 26.6 Å². The molecule has 9 nitrogen and oxygen atoms in total. The number of carbonyl (C=O) groups excluding carboxylic acids is 2. The molecule has 0 aromatic heterocycles. The molecule has 0 aliphatic carbocycles. The summed E-state index contributed by atoms with van der Waals surface area (Å²) in [5, 5.41) is 26.5. The Morgan fingerprint density at radius 1 is 0.755 bits per heavy atom. The van der Waals surface area contributed by atoms with Crippen LogP contribution in [-0.2, 0) is 20.7 Å². The van der Waals surface area contributed by atoms with E-state index in [1.807, 2.05) is 6.07 Å². The van der Waals surface area contributed by atoms with Crippen LogP contribution in [0.2, 0.25) is 20.1 Å². The fourth-order valence-electron chi connectivity index (χ4n) is 9.20. The molecule has 0 saturated carbocycles. The van der Waals surface area contributed by atoms with E-state index in [1.54, 1.807) is 54.6 Å². The minimum atomic E-state index is -1.27. The molecule has 2 amide bonds. The Bertz CT molecular complexity index is 2160. The molecule has 53 heavy (non-hydrogen) atoms. The maximum absolute atomic E-state index is 15.0. The average Bonchev–Trinajstić information content (AvgIpc) is 3.89. The van der Waals surface area contributed by atoms with Crippen LogP contribution >= 0.6 is 46.4 Å². The number of amides is 2. The van der Waals surface area contributed by atoms with Crippen molar-refractivity contribution < 1.29 is 23.5 Å². The minimum absolute atomic E-state index is 0.0322. The molecule has 5 aliphatic rings. The van der Waals surface area contributed by atoms with Crippen molar-refractivity contribution in [2.24, 2.45) is 5.73 Å². The van der Waals surface area contributed by atoms with Gasteiger partial charge in [0.1, 0.15) is 22.7 Å². The van der Waals surface area contributed by atoms with Gasteiger partial charge in [0, 0.05) is 75.2 Å². The van der Waals surface area contributed by atoms with E-state index < -0.39 is 40.6 Å². The molecule has 4 aromatic carbocycles. The highest BCUT2D eigenvalue weighted by Crippen LogP contribution is 2.55. The number of anilines is 2. The first-order chi connectivity index (χ1) is 25.4. The SMILES string of the molecule is N[C@@H]1[C@H](CCO)N[C@@]2(C(=O)Nc3cc(Cl)ccc32)[C@H]1c1cccc(Cl)c1F.O=C1Nc2cc(Cl)ccc2[C@]12N[C@H]1CCN[C@H]1[C@@H]2c1cccc(Cl)c1F. The van der Waals surface area contributed by atoms with Gasteiger partial charge in [0.25, 0.3) is 0 Å². The Labute approximate surface area is 323 Å². The van der Waals surface area contributed by atoms with E-state index >= 15 is 0 Å². The van der Waals surface area contributed by atoms with Crippen LogP contribution in [0.25, 0.3) is 0 Å². The van der Waals surface area contributed by atoms with Gasteiger partial charge in [0.2, 0.25) is 11.8 Å². The molecule has 5 aliphatic heterocycles. The Morgan fingerprint density at radius 3 is 1.83 bits per heavy atom. The normalized spacial score (nSPS) is 30.6. The summed E-state index contributed by atoms with van der Waals surface area (Å²) < 4.78 is 29.9. The van der Waals surface area contributed by atoms with Crippen LogP contribution in [0.4, 0.5) is 20.2 Å². The van der Waals surface area contributed by atoms with E-state index in [-0.39, 0.29) is 52.2 Å². The Balaban J connectivity index is 0.000000151. The summed E-state index contributed by atoms with van der Waals surface area (Å²) in [6.45, 7) is 0.716. The third kappa shape index (κ3) is 5.58. The van der Waals surface area contributed by atoms with Gasteiger partial charge in [-0.15, -0.1) is 0 Å². The fourth-order valence-corrected chi connectivity index (χ4v) is 9.91. The second-order valence-corrected chi connectivity index (χ2v) is 15.7. The number of nitrogens with one attached hydrogen (secondary N) is 5. The Hall–Kier alpha value is -3.36. The highest BCUT2D eigenvalue weighted by Gasteiger charge is 2.64. The second kappa shape index (κ2) is 13.7. The molecule has 0 unspecified atom stereocenters. The zero-order chi connectivity index (χ0) is 37.4. The first-order valence-corrected chi connectivity index (χ1v) is 18.7. The van der Waals surface area contributed by atoms with E-state index in [0.29, 0.717) is 39.0 Å². The number of hydrogen-bond acceptors (Lipinski definition) is 7. The predicted octanol–water partition coefficient (Wildman–Crippen LogP) is 6.14. The van der Waals surface area contributed by atoms with Gasteiger partial charge in [-0.3, -0.25) is 20.2 Å². The predicted molar refractivity (Wildman–Crippen MR) is 202 cm³/mol. The van der Waals surface area contributed by atoms with Crippen molar-refractivity contribution in [2.75, 3.05) is 23.8 Å². The molecular formula is C38H34Cl4F2N6O3. The molecule has 15 heteroatoms. The lowest BCUT2D eigenvalue weighted by Gasteiger charge is -2.33. The van der Waals surface area contributed by atoms with Crippen molar-refractivity contribution in [3.8, 4) is 0 Å². The van der Waals surface area contributed by atoms with Gasteiger partial charge >= 0.3 is 0 Å². The average molecular weight is 803 g/mol. The van der Waals surface area contributed by atoms with E-state index in [9.17, 15) is 23.5 Å². The lowest BCUT2D eigenvalue weighted by Crippen LogP contribution is -2.49. The summed E-state index contributed by atoms with van der Waals surface area (Å²) in [5.41, 5.74) is 7.54. The van der Waals surface area contributed by atoms with Crippen LogP contribution in [0.15, 0.2) is 72.8 Å². The molecule has 3 saturated heterocycles. The fraction of sp³-hybridized carbons (Fsp3) is 0.316. The molecule has 2 spiro atoms. The standard InChI is InChI=1S/C19H18Cl2FN3O2.C19H16Cl2FN3O/c20-9-4-5-11-14(8-9)24-18(27)19(11)15(17(23)13(25-19)6-7-26)10-2-1-3-12(21)16(10)22;20-9-4-5-11-14(8-9)24-18(26)19(11)15(17-13(25-19)6-7-23-17)10-2-1-3-12(21)16(10)22/h1-5,8,13,15,17,25-26H,6-7,23H2,(H,24,27);1-5,8,13,15,17,23,25H,6-7H2,(H,24,26)/t2*13-,15-,17+,19+/m00/s1. The topological polar surface area (TPSA) is 141 Å². The molecule has 5 heterocycles. The maximum Gasteiger partial charge on any atom is 0.250 e. The summed E-state index contributed by atoms with van der Waals surface area (Å²) in [7, 11) is 0. The number of hydrogen-bond donors (Lipinski definition) is 7. The summed E-state index contributed by atoms with van der Waals surface area (Å²) in [6, 6.07) is 19.1. The molecule has 3 fully saturated rings. The minimum Gasteiger partial charge on any atom is -0.396 e. The molecular weight excluding hydrogens is 768 g/mol. The van der Waals surface area contributed by atoms with Gasteiger partial charge in [-0.2, -0.15) is 0 Å². The quantitative estimate of drug-likeness (QED) is 0.132. The van der Waals surface area contributed by atoms with Gasteiger partial charge in [-0.05, 0) is 66.9 Å². The van der Waals surface area contributed by atoms with Crippen LogP contribution in [0.1, 0.15) is 46.9 Å². The molecule has 8 N–H and O–H groups in total. The summed E-state index contributed by atoms with van der Waals surface area (Å²) in [6.07, 6.45) is 1.21. The first-order valence-electron chi connectivity index (χ1n) is 17.2. The molecule has 8 atom stereocenters. The van der Waals surface area contributed by atoms with Gasteiger partial charge in [0.05, 0.1) is 10.0 Å². The number of nitrogens with two attached hydrogens (primary N) is 1. The lowest BCUT2D eigenvalue weighted by molar-refractivity contribution is -0.123. The molecule has 276 valence electrons. The number of aliphatic hydroxyl groups excluding tert-OH is 1. The Kier molecular flexibility index (Phi) is 9.49. The van der Waals surface area contributed by atoms with E-state index in [4.69, 9.17) is 52.1 Å². The largest absolute Gasteiger partial charge is 0.396 e. The number of benzene rings is 4. The second-order valence-electron chi connectivity index (χ2n) is 14.0. The van der Waals surface area contributed by atoms with E-state index in [1.165, 1.54) is 12.1 Å². The smallest absolute Gasteiger partial charge is 0.250 e. The number of aliphatic hydroxyl groups is 1. The van der Waals surface area contributed by atoms with Crippen molar-refractivity contribution in [3.05, 3.63) is 127 Å². The highest BCUT2D eigenvalue weighted by molar-refractivity contribution is 6.32. The molecule has 0 radical (unpaired) electrons. The number of halogens is 6. The van der Waals surface area contributed by atoms with Crippen LogP contribution in [0.3, 0.4) is 0 Å². The third-order valence-electron chi connectivity index (χ3n) is 11.3.